The minimum absolute atomic E-state index is 0.0840. The van der Waals surface area contributed by atoms with Crippen molar-refractivity contribution in [2.45, 2.75) is 6.92 Å². The fourth-order valence-electron chi connectivity index (χ4n) is 3.75. The first-order valence-corrected chi connectivity index (χ1v) is 12.6. The van der Waals surface area contributed by atoms with Gasteiger partial charge in [-0.25, -0.2) is 4.99 Å². The molecule has 1 saturated heterocycles. The van der Waals surface area contributed by atoms with Crippen molar-refractivity contribution in [3.05, 3.63) is 89.9 Å². The number of ether oxygens (including phenoxy) is 1. The summed E-state index contributed by atoms with van der Waals surface area (Å²) >= 11 is 1.46. The van der Waals surface area contributed by atoms with Crippen LogP contribution in [0.3, 0.4) is 0 Å². The molecule has 0 unspecified atom stereocenters. The van der Waals surface area contributed by atoms with Gasteiger partial charge in [0.1, 0.15) is 10.8 Å². The van der Waals surface area contributed by atoms with Gasteiger partial charge in [0.2, 0.25) is 0 Å². The van der Waals surface area contributed by atoms with Crippen molar-refractivity contribution in [3.63, 3.8) is 0 Å². The first-order valence-electron chi connectivity index (χ1n) is 11.4. The van der Waals surface area contributed by atoms with E-state index < -0.39 is 11.7 Å². The number of amides is 2. The van der Waals surface area contributed by atoms with Crippen molar-refractivity contribution in [1.82, 2.24) is 14.8 Å². The zero-order valence-corrected chi connectivity index (χ0v) is 21.5. The molecule has 0 spiro atoms. The third-order valence-electron chi connectivity index (χ3n) is 5.76. The number of aliphatic imine (C=N–C) groups is 1. The van der Waals surface area contributed by atoms with E-state index in [9.17, 15) is 14.4 Å². The van der Waals surface area contributed by atoms with E-state index in [-0.39, 0.29) is 24.6 Å². The fourth-order valence-corrected chi connectivity index (χ4v) is 4.37. The molecule has 3 rings (SSSR count). The van der Waals surface area contributed by atoms with Crippen LogP contribution in [-0.4, -0.2) is 77.0 Å². The highest BCUT2D eigenvalue weighted by atomic mass is 32.2. The number of carbonyl (C=O) groups excluding carboxylic acids is 3. The molecule has 2 heterocycles. The van der Waals surface area contributed by atoms with Crippen molar-refractivity contribution < 1.29 is 19.1 Å². The number of aromatic amines is 1. The molecule has 2 aromatic rings. The monoisotopic (exact) mass is 506 g/mol. The number of methoxy groups -OCH3 is 1. The maximum absolute atomic E-state index is 13.2. The van der Waals surface area contributed by atoms with Crippen LogP contribution in [0.25, 0.3) is 0 Å². The summed E-state index contributed by atoms with van der Waals surface area (Å²) in [7, 11) is 1.50. The van der Waals surface area contributed by atoms with Crippen molar-refractivity contribution in [1.29, 1.82) is 0 Å². The van der Waals surface area contributed by atoms with Crippen LogP contribution >= 0.6 is 11.8 Å². The van der Waals surface area contributed by atoms with Crippen LogP contribution in [0.5, 0.6) is 5.75 Å². The maximum atomic E-state index is 13.2. The van der Waals surface area contributed by atoms with Gasteiger partial charge in [0.25, 0.3) is 17.6 Å². The lowest BCUT2D eigenvalue weighted by Crippen LogP contribution is -2.52. The summed E-state index contributed by atoms with van der Waals surface area (Å²) in [5, 5.41) is 0.740. The molecule has 1 aliphatic heterocycles. The third-order valence-corrected chi connectivity index (χ3v) is 6.47. The van der Waals surface area contributed by atoms with E-state index in [4.69, 9.17) is 4.74 Å². The van der Waals surface area contributed by atoms with Crippen molar-refractivity contribution >= 4 is 34.4 Å². The van der Waals surface area contributed by atoms with Gasteiger partial charge >= 0.3 is 0 Å². The predicted octanol–water partition coefficient (Wildman–Crippen LogP) is 3.88. The van der Waals surface area contributed by atoms with E-state index in [1.807, 2.05) is 37.4 Å². The SMILES string of the molecule is C=CN=C(SC)c1ccc(OC)cc(C(=O)C(=O)N2CCN(C(=O)c3ccccc3)CC2)c[nH]c1C. The number of hydrogen-bond acceptors (Lipinski definition) is 6. The van der Waals surface area contributed by atoms with E-state index in [1.165, 1.54) is 42.2 Å². The molecule has 1 fully saturated rings. The minimum Gasteiger partial charge on any atom is -0.497 e. The summed E-state index contributed by atoms with van der Waals surface area (Å²) in [6, 6.07) is 14.1. The molecule has 36 heavy (non-hydrogen) atoms. The van der Waals surface area contributed by atoms with Crippen molar-refractivity contribution in [2.75, 3.05) is 39.5 Å². The fraction of sp³-hybridized carbons (Fsp3) is 0.259. The molecule has 1 aliphatic rings. The number of nitrogens with zero attached hydrogens (tertiary/aromatic N) is 3. The average molecular weight is 507 g/mol. The summed E-state index contributed by atoms with van der Waals surface area (Å²) in [6.07, 6.45) is 4.88. The van der Waals surface area contributed by atoms with Gasteiger partial charge in [-0.15, -0.1) is 11.8 Å². The molecule has 8 nitrogen and oxygen atoms in total. The molecule has 1 N–H and O–H groups in total. The normalized spacial score (nSPS) is 13.6. The Morgan fingerprint density at radius 2 is 1.69 bits per heavy atom. The Kier molecular flexibility index (Phi) is 9.46. The smallest absolute Gasteiger partial charge is 0.295 e. The standard InChI is InChI=1S/C27H30N4O4S/c1-5-28-25(36-4)23-12-11-22(35-3)17-21(18-29-19(23)2)24(32)27(34)31-15-13-30(14-16-31)26(33)20-9-7-6-8-10-20/h5-12,17-18,29H,1,13-16H2,2-4H3. The number of H-pyrrole nitrogens is 1. The average Bonchev–Trinajstić information content (AvgIpc) is 3.00. The van der Waals surface area contributed by atoms with Crippen LogP contribution in [0.2, 0.25) is 0 Å². The van der Waals surface area contributed by atoms with Crippen LogP contribution < -0.4 is 4.74 Å². The number of aryl methyl sites for hydroxylation is 1. The molecule has 1 aromatic heterocycles. The van der Waals surface area contributed by atoms with E-state index >= 15 is 0 Å². The second-order valence-electron chi connectivity index (χ2n) is 7.97. The van der Waals surface area contributed by atoms with Crippen LogP contribution in [0.15, 0.2) is 72.5 Å². The number of nitrogens with one attached hydrogen (secondary N) is 1. The molecule has 2 amide bonds. The Morgan fingerprint density at radius 3 is 2.31 bits per heavy atom. The highest BCUT2D eigenvalue weighted by Gasteiger charge is 2.29. The zero-order valence-electron chi connectivity index (χ0n) is 20.7. The molecule has 9 heteroatoms. The second-order valence-corrected chi connectivity index (χ2v) is 8.76. The molecule has 0 bridgehead atoms. The Hall–Kier alpha value is -3.85. The Bertz CT molecular complexity index is 1210. The summed E-state index contributed by atoms with van der Waals surface area (Å²) in [5.41, 5.74) is 2.32. The van der Waals surface area contributed by atoms with Gasteiger partial charge < -0.3 is 19.5 Å². The van der Waals surface area contributed by atoms with E-state index in [1.54, 1.807) is 23.1 Å². The van der Waals surface area contributed by atoms with Gasteiger partial charge in [-0.2, -0.15) is 0 Å². The summed E-state index contributed by atoms with van der Waals surface area (Å²) in [6.45, 7) is 6.80. The predicted molar refractivity (Wildman–Crippen MR) is 143 cm³/mol. The topological polar surface area (TPSA) is 95.1 Å². The van der Waals surface area contributed by atoms with Gasteiger partial charge in [0.05, 0.1) is 7.11 Å². The van der Waals surface area contributed by atoms with Crippen molar-refractivity contribution in [3.8, 4) is 5.75 Å². The number of aromatic nitrogens is 1. The Morgan fingerprint density at radius 1 is 1.03 bits per heavy atom. The molecule has 0 aliphatic carbocycles. The number of Topliss-reactive ketones (excluding diaryl/α,β-unsaturated/α-hetero) is 1. The third kappa shape index (κ3) is 6.42. The van der Waals surface area contributed by atoms with Crippen LogP contribution in [0, 0.1) is 6.92 Å². The number of benzene rings is 1. The lowest BCUT2D eigenvalue weighted by Gasteiger charge is -2.34. The van der Waals surface area contributed by atoms with Gasteiger partial charge in [-0.05, 0) is 43.5 Å². The first kappa shape index (κ1) is 26.7. The quantitative estimate of drug-likeness (QED) is 0.278. The maximum Gasteiger partial charge on any atom is 0.295 e. The highest BCUT2D eigenvalue weighted by molar-refractivity contribution is 8.13. The lowest BCUT2D eigenvalue weighted by molar-refractivity contribution is -0.127. The van der Waals surface area contributed by atoms with Gasteiger partial charge in [-0.3, -0.25) is 14.4 Å². The van der Waals surface area contributed by atoms with Crippen LogP contribution in [-0.2, 0) is 4.79 Å². The number of rotatable bonds is 6. The summed E-state index contributed by atoms with van der Waals surface area (Å²) < 4.78 is 5.42. The molecule has 0 atom stereocenters. The molecule has 0 saturated carbocycles. The van der Waals surface area contributed by atoms with Gasteiger partial charge in [0.15, 0.2) is 0 Å². The minimum atomic E-state index is -0.658. The molecular formula is C27H30N4O4S. The molecular weight excluding hydrogens is 476 g/mol. The second kappa shape index (κ2) is 12.7. The van der Waals surface area contributed by atoms with Crippen molar-refractivity contribution in [2.24, 2.45) is 4.99 Å². The van der Waals surface area contributed by atoms with Crippen LogP contribution in [0.4, 0.5) is 0 Å². The highest BCUT2D eigenvalue weighted by Crippen LogP contribution is 2.18. The largest absolute Gasteiger partial charge is 0.497 e. The number of ketones is 1. The molecule has 188 valence electrons. The summed E-state index contributed by atoms with van der Waals surface area (Å²) in [5.74, 6) is -0.952. The van der Waals surface area contributed by atoms with E-state index in [0.29, 0.717) is 24.4 Å². The van der Waals surface area contributed by atoms with E-state index in [0.717, 1.165) is 16.3 Å². The number of hydrogen-bond donors (Lipinski definition) is 1. The first-order chi connectivity index (χ1) is 17.4. The van der Waals surface area contributed by atoms with Crippen LogP contribution in [0.1, 0.15) is 32.0 Å². The summed E-state index contributed by atoms with van der Waals surface area (Å²) in [4.78, 5) is 49.6. The number of carbonyl (C=O) groups is 3. The van der Waals surface area contributed by atoms with E-state index in [2.05, 4.69) is 16.6 Å². The number of piperazine rings is 1. The molecule has 0 radical (unpaired) electrons. The lowest BCUT2D eigenvalue weighted by atomic mass is 10.1. The van der Waals surface area contributed by atoms with Gasteiger partial charge in [0, 0.05) is 61.0 Å². The zero-order chi connectivity index (χ0) is 26.1. The van der Waals surface area contributed by atoms with Gasteiger partial charge in [-0.1, -0.05) is 24.8 Å². The number of thioether (sulfide) groups is 1. The Balaban J connectivity index is 1.82. The molecule has 1 aromatic carbocycles. The Labute approximate surface area is 215 Å².